The van der Waals surface area contributed by atoms with E-state index < -0.39 is 35.3 Å². The number of alkyl carbamates (subject to hydrolysis) is 1. The predicted molar refractivity (Wildman–Crippen MR) is 117 cm³/mol. The number of methoxy groups -OCH3 is 1. The Morgan fingerprint density at radius 2 is 1.97 bits per heavy atom. The number of hydrogen-bond acceptors (Lipinski definition) is 9. The van der Waals surface area contributed by atoms with Gasteiger partial charge in [-0.3, -0.25) is 4.79 Å². The Labute approximate surface area is 194 Å². The van der Waals surface area contributed by atoms with Crippen molar-refractivity contribution in [2.75, 3.05) is 19.5 Å². The van der Waals surface area contributed by atoms with Crippen molar-refractivity contribution in [2.45, 2.75) is 58.2 Å². The van der Waals surface area contributed by atoms with Gasteiger partial charge in [0.2, 0.25) is 0 Å². The number of fused-ring (bicyclic) bond motifs is 1. The first-order chi connectivity index (χ1) is 15.6. The lowest BCUT2D eigenvalue weighted by Gasteiger charge is -2.19. The Morgan fingerprint density at radius 1 is 1.24 bits per heavy atom. The van der Waals surface area contributed by atoms with Gasteiger partial charge >= 0.3 is 17.8 Å². The van der Waals surface area contributed by atoms with Crippen molar-refractivity contribution in [1.82, 2.24) is 35.0 Å². The van der Waals surface area contributed by atoms with E-state index in [9.17, 15) is 19.2 Å². The maximum absolute atomic E-state index is 12.7. The molecule has 2 aromatic heterocycles. The van der Waals surface area contributed by atoms with E-state index in [-0.39, 0.29) is 30.2 Å². The number of rotatable bonds is 10. The summed E-state index contributed by atoms with van der Waals surface area (Å²) in [5.74, 6) is -1.18. The lowest BCUT2D eigenvalue weighted by molar-refractivity contribution is -0.143. The number of hydrogen-bond donors (Lipinski definition) is 2. The van der Waals surface area contributed by atoms with Gasteiger partial charge in [0.15, 0.2) is 11.3 Å². The van der Waals surface area contributed by atoms with Gasteiger partial charge in [0.25, 0.3) is 5.91 Å². The topological polar surface area (TPSA) is 159 Å². The van der Waals surface area contributed by atoms with E-state index in [4.69, 9.17) is 21.1 Å². The minimum absolute atomic E-state index is 0.0477. The average molecular weight is 486 g/mol. The predicted octanol–water partition coefficient (Wildman–Crippen LogP) is 0.491. The zero-order valence-corrected chi connectivity index (χ0v) is 19.7. The molecule has 0 radical (unpaired) electrons. The second kappa shape index (κ2) is 11.6. The number of aromatic nitrogens is 5. The fourth-order valence-electron chi connectivity index (χ4n) is 2.81. The van der Waals surface area contributed by atoms with Crippen LogP contribution in [0.15, 0.2) is 11.1 Å². The molecule has 2 amide bonds. The van der Waals surface area contributed by atoms with Gasteiger partial charge in [0.05, 0.1) is 13.7 Å². The zero-order valence-electron chi connectivity index (χ0n) is 19.0. The first-order valence-electron chi connectivity index (χ1n) is 10.3. The molecule has 0 aromatic carbocycles. The highest BCUT2D eigenvalue weighted by molar-refractivity contribution is 6.17. The molecule has 0 saturated heterocycles. The van der Waals surface area contributed by atoms with Crippen molar-refractivity contribution in [3.63, 3.8) is 0 Å². The third-order valence-corrected chi connectivity index (χ3v) is 4.48. The summed E-state index contributed by atoms with van der Waals surface area (Å²) in [4.78, 5) is 52.8. The van der Waals surface area contributed by atoms with E-state index >= 15 is 0 Å². The summed E-state index contributed by atoms with van der Waals surface area (Å²) in [5, 5.41) is 12.8. The maximum atomic E-state index is 12.7. The van der Waals surface area contributed by atoms with Crippen LogP contribution in [-0.4, -0.2) is 73.5 Å². The van der Waals surface area contributed by atoms with Gasteiger partial charge in [0.1, 0.15) is 18.0 Å². The van der Waals surface area contributed by atoms with Crippen LogP contribution in [0.3, 0.4) is 0 Å². The number of halogens is 1. The molecular formula is C19H28ClN7O6. The van der Waals surface area contributed by atoms with Crippen LogP contribution in [0.4, 0.5) is 4.79 Å². The minimum Gasteiger partial charge on any atom is -0.467 e. The number of carbonyl (C=O) groups excluding carboxylic acids is 3. The Balaban J connectivity index is 1.98. The highest BCUT2D eigenvalue weighted by Crippen LogP contribution is 2.09. The quantitative estimate of drug-likeness (QED) is 0.277. The van der Waals surface area contributed by atoms with Crippen LogP contribution in [0.1, 0.15) is 50.5 Å². The van der Waals surface area contributed by atoms with E-state index in [1.165, 1.54) is 7.11 Å². The summed E-state index contributed by atoms with van der Waals surface area (Å²) in [7, 11) is 1.21. The number of nitrogens with zero attached hydrogens (tertiary/aromatic N) is 5. The van der Waals surface area contributed by atoms with Gasteiger partial charge in [-0.05, 0) is 40.0 Å². The number of nitrogens with one attached hydrogen (secondary N) is 2. The molecular weight excluding hydrogens is 458 g/mol. The Bertz CT molecular complexity index is 1050. The zero-order chi connectivity index (χ0) is 24.6. The Morgan fingerprint density at radius 3 is 2.61 bits per heavy atom. The first-order valence-corrected chi connectivity index (χ1v) is 10.8. The second-order valence-corrected chi connectivity index (χ2v) is 8.42. The normalized spacial score (nSPS) is 12.3. The second-order valence-electron chi connectivity index (χ2n) is 8.04. The van der Waals surface area contributed by atoms with Crippen LogP contribution in [0.25, 0.3) is 5.65 Å². The number of carbonyl (C=O) groups is 3. The molecule has 2 rings (SSSR count). The number of imidazole rings is 1. The van der Waals surface area contributed by atoms with Crippen LogP contribution in [0.2, 0.25) is 0 Å². The molecule has 0 aliphatic rings. The lowest BCUT2D eigenvalue weighted by atomic mass is 10.1. The molecule has 1 atom stereocenters. The molecule has 0 fully saturated rings. The van der Waals surface area contributed by atoms with E-state index in [1.807, 2.05) is 0 Å². The minimum atomic E-state index is -0.953. The highest BCUT2D eigenvalue weighted by Gasteiger charge is 2.25. The molecule has 182 valence electrons. The fourth-order valence-corrected chi connectivity index (χ4v) is 2.97. The number of alkyl halides is 1. The molecule has 0 saturated carbocycles. The molecule has 0 aliphatic heterocycles. The van der Waals surface area contributed by atoms with Crippen molar-refractivity contribution in [3.05, 3.63) is 22.5 Å². The fraction of sp³-hybridized carbons (Fsp3) is 0.632. The molecule has 2 N–H and O–H groups in total. The SMILES string of the molecule is COC(=O)[C@H](CCCCNC(=O)OC(C)(C)C)NC(=O)c1ncn2c(=O)n(CCCl)nnc12. The van der Waals surface area contributed by atoms with Crippen LogP contribution in [0, 0.1) is 0 Å². The summed E-state index contributed by atoms with van der Waals surface area (Å²) in [6.07, 6.45) is 1.93. The monoisotopic (exact) mass is 485 g/mol. The standard InChI is InChI=1S/C19H28ClN7O6/c1-19(2,3)33-17(30)21-9-6-5-7-12(16(29)32-4)23-15(28)13-14-24-25-27(10-8-20)18(31)26(14)11-22-13/h11-12H,5-10H2,1-4H3,(H,21,30)(H,23,28)/t12-/m0/s1. The van der Waals surface area contributed by atoms with Crippen molar-refractivity contribution in [1.29, 1.82) is 0 Å². The van der Waals surface area contributed by atoms with E-state index in [2.05, 4.69) is 25.9 Å². The molecule has 0 spiro atoms. The molecule has 33 heavy (non-hydrogen) atoms. The smallest absolute Gasteiger partial charge is 0.407 e. The number of unbranched alkanes of at least 4 members (excludes halogenated alkanes) is 1. The molecule has 0 bridgehead atoms. The van der Waals surface area contributed by atoms with Crippen LogP contribution in [-0.2, 0) is 20.8 Å². The molecule has 13 nitrogen and oxygen atoms in total. The molecule has 0 unspecified atom stereocenters. The van der Waals surface area contributed by atoms with Gasteiger partial charge in [-0.2, -0.15) is 4.68 Å². The Hall–Kier alpha value is -3.22. The third kappa shape index (κ3) is 7.41. The van der Waals surface area contributed by atoms with Crippen LogP contribution in [0.5, 0.6) is 0 Å². The van der Waals surface area contributed by atoms with Crippen LogP contribution >= 0.6 is 11.6 Å². The number of ether oxygens (including phenoxy) is 2. The third-order valence-electron chi connectivity index (χ3n) is 4.31. The maximum Gasteiger partial charge on any atom is 0.407 e. The lowest BCUT2D eigenvalue weighted by Crippen LogP contribution is -2.42. The average Bonchev–Trinajstić information content (AvgIpc) is 3.18. The summed E-state index contributed by atoms with van der Waals surface area (Å²) >= 11 is 5.63. The van der Waals surface area contributed by atoms with Gasteiger partial charge < -0.3 is 20.1 Å². The molecule has 2 heterocycles. The van der Waals surface area contributed by atoms with Gasteiger partial charge in [-0.25, -0.2) is 23.8 Å². The summed E-state index contributed by atoms with van der Waals surface area (Å²) in [6.45, 7) is 5.78. The largest absolute Gasteiger partial charge is 0.467 e. The Kier molecular flexibility index (Phi) is 9.14. The number of amides is 2. The first kappa shape index (κ1) is 26.0. The van der Waals surface area contributed by atoms with E-state index in [1.54, 1.807) is 20.8 Å². The van der Waals surface area contributed by atoms with Crippen molar-refractivity contribution in [2.24, 2.45) is 0 Å². The van der Waals surface area contributed by atoms with Crippen molar-refractivity contribution < 1.29 is 23.9 Å². The summed E-state index contributed by atoms with van der Waals surface area (Å²) in [5.41, 5.74) is -1.34. The molecule has 2 aromatic rings. The van der Waals surface area contributed by atoms with Crippen molar-refractivity contribution >= 4 is 35.2 Å². The van der Waals surface area contributed by atoms with Crippen molar-refractivity contribution in [3.8, 4) is 0 Å². The van der Waals surface area contributed by atoms with Gasteiger partial charge in [-0.1, -0.05) is 5.21 Å². The van der Waals surface area contributed by atoms with Gasteiger partial charge in [-0.15, -0.1) is 16.7 Å². The highest BCUT2D eigenvalue weighted by atomic mass is 35.5. The summed E-state index contributed by atoms with van der Waals surface area (Å²) in [6, 6.07) is -0.953. The van der Waals surface area contributed by atoms with Gasteiger partial charge in [0, 0.05) is 12.4 Å². The summed E-state index contributed by atoms with van der Waals surface area (Å²) < 4.78 is 12.0. The van der Waals surface area contributed by atoms with E-state index in [0.29, 0.717) is 19.4 Å². The number of esters is 1. The molecule has 0 aliphatic carbocycles. The van der Waals surface area contributed by atoms with E-state index in [0.717, 1.165) is 15.4 Å². The number of aryl methyl sites for hydroxylation is 1. The van der Waals surface area contributed by atoms with Crippen LogP contribution < -0.4 is 16.3 Å². The molecule has 14 heteroatoms.